The van der Waals surface area contributed by atoms with Crippen LogP contribution in [0.1, 0.15) is 24.0 Å². The molecule has 3 N–H and O–H groups in total. The lowest BCUT2D eigenvalue weighted by atomic mass is 9.87. The van der Waals surface area contributed by atoms with Gasteiger partial charge in [-0.25, -0.2) is 0 Å². The molecule has 0 heterocycles. The van der Waals surface area contributed by atoms with Gasteiger partial charge in [0.25, 0.3) is 0 Å². The molecule has 2 rings (SSSR count). The minimum atomic E-state index is 0.446. The molecule has 0 bridgehead atoms. The Morgan fingerprint density at radius 1 is 1.40 bits per heavy atom. The molecule has 1 aromatic rings. The lowest BCUT2D eigenvalue weighted by Crippen LogP contribution is -2.48. The van der Waals surface area contributed by atoms with E-state index in [2.05, 4.69) is 36.5 Å². The summed E-state index contributed by atoms with van der Waals surface area (Å²) in [6.07, 6.45) is 3.41. The molecule has 1 fully saturated rings. The highest BCUT2D eigenvalue weighted by Crippen LogP contribution is 2.17. The van der Waals surface area contributed by atoms with Crippen LogP contribution in [0, 0.1) is 6.92 Å². The van der Waals surface area contributed by atoms with E-state index in [9.17, 15) is 0 Å². The first kappa shape index (κ1) is 10.7. The number of hydrogen-bond donors (Lipinski definition) is 2. The van der Waals surface area contributed by atoms with E-state index in [4.69, 9.17) is 5.73 Å². The Kier molecular flexibility index (Phi) is 3.39. The molecule has 2 nitrogen and oxygen atoms in total. The zero-order chi connectivity index (χ0) is 10.7. The molecule has 0 aromatic heterocycles. The Morgan fingerprint density at radius 3 is 2.87 bits per heavy atom. The van der Waals surface area contributed by atoms with Crippen LogP contribution in [0.4, 0.5) is 0 Å². The van der Waals surface area contributed by atoms with Gasteiger partial charge in [-0.1, -0.05) is 29.8 Å². The van der Waals surface area contributed by atoms with E-state index in [0.29, 0.717) is 12.1 Å². The maximum atomic E-state index is 5.73. The van der Waals surface area contributed by atoms with E-state index in [1.165, 1.54) is 11.1 Å². The van der Waals surface area contributed by atoms with Crippen LogP contribution in [0.15, 0.2) is 24.3 Å². The molecule has 0 unspecified atom stereocenters. The van der Waals surface area contributed by atoms with Gasteiger partial charge in [0.05, 0.1) is 0 Å². The monoisotopic (exact) mass is 204 g/mol. The first-order valence-electron chi connectivity index (χ1n) is 5.78. The van der Waals surface area contributed by atoms with Gasteiger partial charge >= 0.3 is 0 Å². The van der Waals surface area contributed by atoms with Crippen LogP contribution in [0.25, 0.3) is 0 Å². The van der Waals surface area contributed by atoms with Gasteiger partial charge in [0.15, 0.2) is 0 Å². The van der Waals surface area contributed by atoms with E-state index < -0.39 is 0 Å². The average Bonchev–Trinajstić information content (AvgIpc) is 2.15. The van der Waals surface area contributed by atoms with Crippen molar-refractivity contribution in [1.82, 2.24) is 5.32 Å². The van der Waals surface area contributed by atoms with E-state index in [0.717, 1.165) is 25.8 Å². The number of nitrogens with two attached hydrogens (primary N) is 1. The Morgan fingerprint density at radius 2 is 2.20 bits per heavy atom. The Hall–Kier alpha value is -0.860. The largest absolute Gasteiger partial charge is 0.328 e. The summed E-state index contributed by atoms with van der Waals surface area (Å²) < 4.78 is 0. The van der Waals surface area contributed by atoms with Crippen LogP contribution in [-0.2, 0) is 6.42 Å². The second-order valence-corrected chi connectivity index (χ2v) is 4.62. The maximum Gasteiger partial charge on any atom is 0.00966 e. The molecular weight excluding hydrogens is 184 g/mol. The molecular formula is C13H20N2. The summed E-state index contributed by atoms with van der Waals surface area (Å²) in [5.41, 5.74) is 8.50. The van der Waals surface area contributed by atoms with E-state index >= 15 is 0 Å². The van der Waals surface area contributed by atoms with Crippen molar-refractivity contribution in [3.63, 3.8) is 0 Å². The zero-order valence-corrected chi connectivity index (χ0v) is 9.37. The summed E-state index contributed by atoms with van der Waals surface area (Å²) in [7, 11) is 0. The van der Waals surface area contributed by atoms with E-state index in [-0.39, 0.29) is 0 Å². The molecule has 0 amide bonds. The number of aryl methyl sites for hydroxylation is 1. The van der Waals surface area contributed by atoms with Crippen molar-refractivity contribution >= 4 is 0 Å². The second kappa shape index (κ2) is 4.77. The standard InChI is InChI=1S/C13H20N2/c1-10-3-2-4-11(7-10)5-6-15-13-8-12(14)9-13/h2-4,7,12-13,15H,5-6,8-9,14H2,1H3. The summed E-state index contributed by atoms with van der Waals surface area (Å²) in [6, 6.07) is 9.84. The number of hydrogen-bond acceptors (Lipinski definition) is 2. The fraction of sp³-hybridized carbons (Fsp3) is 0.538. The SMILES string of the molecule is Cc1cccc(CCNC2CC(N)C2)c1. The molecule has 1 aromatic carbocycles. The van der Waals surface area contributed by atoms with Crippen LogP contribution in [0.3, 0.4) is 0 Å². The molecule has 0 atom stereocenters. The Balaban J connectivity index is 1.69. The predicted octanol–water partition coefficient (Wildman–Crippen LogP) is 1.62. The lowest BCUT2D eigenvalue weighted by Gasteiger charge is -2.33. The molecule has 82 valence electrons. The Labute approximate surface area is 91.9 Å². The van der Waals surface area contributed by atoms with Crippen molar-refractivity contribution in [2.75, 3.05) is 6.54 Å². The van der Waals surface area contributed by atoms with Gasteiger partial charge in [-0.15, -0.1) is 0 Å². The van der Waals surface area contributed by atoms with Crippen molar-refractivity contribution in [2.24, 2.45) is 5.73 Å². The van der Waals surface area contributed by atoms with Crippen molar-refractivity contribution in [3.8, 4) is 0 Å². The van der Waals surface area contributed by atoms with Gasteiger partial charge in [-0.3, -0.25) is 0 Å². The van der Waals surface area contributed by atoms with Crippen molar-refractivity contribution in [3.05, 3.63) is 35.4 Å². The number of rotatable bonds is 4. The van der Waals surface area contributed by atoms with Crippen LogP contribution in [0.5, 0.6) is 0 Å². The van der Waals surface area contributed by atoms with E-state index in [1.807, 2.05) is 0 Å². The normalized spacial score (nSPS) is 24.9. The molecule has 15 heavy (non-hydrogen) atoms. The Bertz CT molecular complexity index is 316. The molecule has 0 radical (unpaired) electrons. The van der Waals surface area contributed by atoms with Gasteiger partial charge in [-0.2, -0.15) is 0 Å². The molecule has 1 saturated carbocycles. The third-order valence-electron chi connectivity index (χ3n) is 3.10. The summed E-state index contributed by atoms with van der Waals surface area (Å²) in [5.74, 6) is 0. The summed E-state index contributed by atoms with van der Waals surface area (Å²) in [5, 5.41) is 3.54. The molecule has 1 aliphatic rings. The molecule has 0 aliphatic heterocycles. The minimum absolute atomic E-state index is 0.446. The van der Waals surface area contributed by atoms with Gasteiger partial charge in [0, 0.05) is 12.1 Å². The summed E-state index contributed by atoms with van der Waals surface area (Å²) >= 11 is 0. The maximum absolute atomic E-state index is 5.73. The number of nitrogens with one attached hydrogen (secondary N) is 1. The smallest absolute Gasteiger partial charge is 0.00966 e. The third-order valence-corrected chi connectivity index (χ3v) is 3.10. The average molecular weight is 204 g/mol. The molecule has 0 saturated heterocycles. The van der Waals surface area contributed by atoms with Gasteiger partial charge in [0.2, 0.25) is 0 Å². The minimum Gasteiger partial charge on any atom is -0.328 e. The quantitative estimate of drug-likeness (QED) is 0.782. The van der Waals surface area contributed by atoms with Crippen molar-refractivity contribution in [2.45, 2.75) is 38.3 Å². The second-order valence-electron chi connectivity index (χ2n) is 4.62. The zero-order valence-electron chi connectivity index (χ0n) is 9.37. The lowest BCUT2D eigenvalue weighted by molar-refractivity contribution is 0.294. The third kappa shape index (κ3) is 3.05. The highest BCUT2D eigenvalue weighted by Gasteiger charge is 2.24. The molecule has 2 heteroatoms. The highest BCUT2D eigenvalue weighted by molar-refractivity contribution is 5.22. The first-order chi connectivity index (χ1) is 7.24. The fourth-order valence-corrected chi connectivity index (χ4v) is 2.12. The van der Waals surface area contributed by atoms with Crippen LogP contribution >= 0.6 is 0 Å². The van der Waals surface area contributed by atoms with E-state index in [1.54, 1.807) is 0 Å². The van der Waals surface area contributed by atoms with Crippen molar-refractivity contribution < 1.29 is 0 Å². The van der Waals surface area contributed by atoms with Gasteiger partial charge in [-0.05, 0) is 38.3 Å². The van der Waals surface area contributed by atoms with Crippen LogP contribution < -0.4 is 11.1 Å². The summed E-state index contributed by atoms with van der Waals surface area (Å²) in [6.45, 7) is 3.21. The van der Waals surface area contributed by atoms with Crippen LogP contribution in [-0.4, -0.2) is 18.6 Å². The molecule has 1 aliphatic carbocycles. The number of benzene rings is 1. The highest BCUT2D eigenvalue weighted by atomic mass is 14.9. The van der Waals surface area contributed by atoms with Crippen LogP contribution in [0.2, 0.25) is 0 Å². The van der Waals surface area contributed by atoms with Crippen molar-refractivity contribution in [1.29, 1.82) is 0 Å². The fourth-order valence-electron chi connectivity index (χ4n) is 2.12. The first-order valence-corrected chi connectivity index (χ1v) is 5.78. The predicted molar refractivity (Wildman–Crippen MR) is 63.9 cm³/mol. The topological polar surface area (TPSA) is 38.0 Å². The van der Waals surface area contributed by atoms with Gasteiger partial charge in [0.1, 0.15) is 0 Å². The molecule has 0 spiro atoms. The summed E-state index contributed by atoms with van der Waals surface area (Å²) in [4.78, 5) is 0. The van der Waals surface area contributed by atoms with Gasteiger partial charge < -0.3 is 11.1 Å².